The predicted octanol–water partition coefficient (Wildman–Crippen LogP) is 3.20. The molecule has 0 heterocycles. The standard InChI is InChI=1S/C17H18O4/c1-19-15-10-6-9-14(16(15)17(18)20-2)12-21-11-13-7-4-3-5-8-13/h3-10H,11-12H2,1-2H3. The van der Waals surface area contributed by atoms with Crippen LogP contribution in [-0.4, -0.2) is 20.2 Å². The van der Waals surface area contributed by atoms with Gasteiger partial charge in [0.2, 0.25) is 0 Å². The number of methoxy groups -OCH3 is 2. The number of carbonyl (C=O) groups is 1. The van der Waals surface area contributed by atoms with E-state index in [2.05, 4.69) is 0 Å². The molecule has 0 saturated carbocycles. The Morgan fingerprint density at radius 2 is 1.71 bits per heavy atom. The van der Waals surface area contributed by atoms with E-state index in [0.717, 1.165) is 11.1 Å². The van der Waals surface area contributed by atoms with Crippen LogP contribution < -0.4 is 4.74 Å². The van der Waals surface area contributed by atoms with Gasteiger partial charge in [0.1, 0.15) is 11.3 Å². The van der Waals surface area contributed by atoms with Crippen molar-refractivity contribution >= 4 is 5.97 Å². The maximum absolute atomic E-state index is 11.9. The molecule has 110 valence electrons. The number of hydrogen-bond donors (Lipinski definition) is 0. The van der Waals surface area contributed by atoms with E-state index in [-0.39, 0.29) is 0 Å². The van der Waals surface area contributed by atoms with E-state index in [9.17, 15) is 4.79 Å². The van der Waals surface area contributed by atoms with Crippen molar-refractivity contribution in [3.63, 3.8) is 0 Å². The molecule has 0 unspecified atom stereocenters. The second-order valence-electron chi connectivity index (χ2n) is 4.46. The molecule has 0 spiro atoms. The van der Waals surface area contributed by atoms with Gasteiger partial charge in [0.25, 0.3) is 0 Å². The van der Waals surface area contributed by atoms with Crippen molar-refractivity contribution in [1.82, 2.24) is 0 Å². The summed E-state index contributed by atoms with van der Waals surface area (Å²) in [6.07, 6.45) is 0. The van der Waals surface area contributed by atoms with Crippen LogP contribution in [0.4, 0.5) is 0 Å². The van der Waals surface area contributed by atoms with Gasteiger partial charge in [0.15, 0.2) is 0 Å². The van der Waals surface area contributed by atoms with Gasteiger partial charge in [-0.1, -0.05) is 42.5 Å². The molecule has 21 heavy (non-hydrogen) atoms. The topological polar surface area (TPSA) is 44.8 Å². The van der Waals surface area contributed by atoms with Crippen LogP contribution in [0.5, 0.6) is 5.75 Å². The van der Waals surface area contributed by atoms with Crippen LogP contribution in [0.15, 0.2) is 48.5 Å². The number of hydrogen-bond acceptors (Lipinski definition) is 4. The summed E-state index contributed by atoms with van der Waals surface area (Å²) in [5.74, 6) is 0.0634. The average molecular weight is 286 g/mol. The Kier molecular flexibility index (Phi) is 5.35. The second kappa shape index (κ2) is 7.45. The predicted molar refractivity (Wildman–Crippen MR) is 79.3 cm³/mol. The lowest BCUT2D eigenvalue weighted by atomic mass is 10.1. The summed E-state index contributed by atoms with van der Waals surface area (Å²) in [5.41, 5.74) is 2.24. The molecule has 0 aromatic heterocycles. The van der Waals surface area contributed by atoms with E-state index < -0.39 is 5.97 Å². The van der Waals surface area contributed by atoms with E-state index in [4.69, 9.17) is 14.2 Å². The van der Waals surface area contributed by atoms with Crippen molar-refractivity contribution in [3.05, 3.63) is 65.2 Å². The molecule has 0 atom stereocenters. The van der Waals surface area contributed by atoms with Gasteiger partial charge in [-0.25, -0.2) is 4.79 Å². The van der Waals surface area contributed by atoms with Crippen molar-refractivity contribution in [1.29, 1.82) is 0 Å². The summed E-state index contributed by atoms with van der Waals surface area (Å²) in [6.45, 7) is 0.801. The third kappa shape index (κ3) is 3.83. The van der Waals surface area contributed by atoms with Crippen LogP contribution in [0, 0.1) is 0 Å². The van der Waals surface area contributed by atoms with Crippen LogP contribution in [0.2, 0.25) is 0 Å². The van der Waals surface area contributed by atoms with Crippen LogP contribution >= 0.6 is 0 Å². The molecule has 2 aromatic rings. The van der Waals surface area contributed by atoms with Crippen LogP contribution in [0.25, 0.3) is 0 Å². The third-order valence-corrected chi connectivity index (χ3v) is 3.09. The van der Waals surface area contributed by atoms with Gasteiger partial charge in [-0.15, -0.1) is 0 Å². The van der Waals surface area contributed by atoms with Crippen molar-refractivity contribution in [2.75, 3.05) is 14.2 Å². The zero-order valence-electron chi connectivity index (χ0n) is 12.2. The molecule has 0 aliphatic carbocycles. The van der Waals surface area contributed by atoms with Crippen LogP contribution in [0.1, 0.15) is 21.5 Å². The number of esters is 1. The zero-order chi connectivity index (χ0) is 15.1. The molecule has 0 fully saturated rings. The van der Waals surface area contributed by atoms with Gasteiger partial charge >= 0.3 is 5.97 Å². The normalized spacial score (nSPS) is 10.2. The van der Waals surface area contributed by atoms with Crippen molar-refractivity contribution in [2.24, 2.45) is 0 Å². The lowest BCUT2D eigenvalue weighted by Gasteiger charge is -2.12. The summed E-state index contributed by atoms with van der Waals surface area (Å²) >= 11 is 0. The minimum Gasteiger partial charge on any atom is -0.496 e. The van der Waals surface area contributed by atoms with Gasteiger partial charge in [-0.2, -0.15) is 0 Å². The molecule has 2 aromatic carbocycles. The van der Waals surface area contributed by atoms with E-state index in [0.29, 0.717) is 24.5 Å². The van der Waals surface area contributed by atoms with Gasteiger partial charge in [0.05, 0.1) is 27.4 Å². The molecule has 0 aliphatic rings. The molecule has 0 radical (unpaired) electrons. The first-order chi connectivity index (χ1) is 10.3. The quantitative estimate of drug-likeness (QED) is 0.765. The minimum absolute atomic E-state index is 0.316. The highest BCUT2D eigenvalue weighted by Crippen LogP contribution is 2.24. The van der Waals surface area contributed by atoms with Gasteiger partial charge in [-0.05, 0) is 17.2 Å². The molecule has 0 amide bonds. The van der Waals surface area contributed by atoms with E-state index in [1.54, 1.807) is 6.07 Å². The maximum Gasteiger partial charge on any atom is 0.342 e. The lowest BCUT2D eigenvalue weighted by Crippen LogP contribution is -2.09. The van der Waals surface area contributed by atoms with E-state index >= 15 is 0 Å². The fourth-order valence-electron chi connectivity index (χ4n) is 2.05. The molecular formula is C17H18O4. The highest BCUT2D eigenvalue weighted by atomic mass is 16.5. The number of benzene rings is 2. The van der Waals surface area contributed by atoms with E-state index in [1.165, 1.54) is 14.2 Å². The molecule has 0 N–H and O–H groups in total. The molecule has 2 rings (SSSR count). The maximum atomic E-state index is 11.9. The van der Waals surface area contributed by atoms with Gasteiger partial charge < -0.3 is 14.2 Å². The Morgan fingerprint density at radius 1 is 0.952 bits per heavy atom. The summed E-state index contributed by atoms with van der Waals surface area (Å²) < 4.78 is 15.7. The minimum atomic E-state index is -0.425. The third-order valence-electron chi connectivity index (χ3n) is 3.09. The lowest BCUT2D eigenvalue weighted by molar-refractivity contribution is 0.0586. The molecule has 0 aliphatic heterocycles. The Labute approximate surface area is 124 Å². The first kappa shape index (κ1) is 15.1. The largest absolute Gasteiger partial charge is 0.496 e. The first-order valence-corrected chi connectivity index (χ1v) is 6.62. The summed E-state index contributed by atoms with van der Waals surface area (Å²) in [4.78, 5) is 11.9. The Morgan fingerprint density at radius 3 is 2.38 bits per heavy atom. The van der Waals surface area contributed by atoms with Crippen molar-refractivity contribution in [3.8, 4) is 5.75 Å². The number of rotatable bonds is 6. The summed E-state index contributed by atoms with van der Waals surface area (Å²) in [7, 11) is 2.87. The molecule has 0 saturated heterocycles. The monoisotopic (exact) mass is 286 g/mol. The zero-order valence-corrected chi connectivity index (χ0v) is 12.2. The van der Waals surface area contributed by atoms with Gasteiger partial charge in [-0.3, -0.25) is 0 Å². The van der Waals surface area contributed by atoms with E-state index in [1.807, 2.05) is 42.5 Å². The van der Waals surface area contributed by atoms with Crippen LogP contribution in [-0.2, 0) is 22.7 Å². The fourth-order valence-corrected chi connectivity index (χ4v) is 2.05. The number of ether oxygens (including phenoxy) is 3. The Hall–Kier alpha value is -2.33. The fraction of sp³-hybridized carbons (Fsp3) is 0.235. The van der Waals surface area contributed by atoms with Crippen molar-refractivity contribution in [2.45, 2.75) is 13.2 Å². The first-order valence-electron chi connectivity index (χ1n) is 6.62. The van der Waals surface area contributed by atoms with Crippen molar-refractivity contribution < 1.29 is 19.0 Å². The second-order valence-corrected chi connectivity index (χ2v) is 4.46. The van der Waals surface area contributed by atoms with Crippen LogP contribution in [0.3, 0.4) is 0 Å². The highest BCUT2D eigenvalue weighted by Gasteiger charge is 2.17. The SMILES string of the molecule is COC(=O)c1c(COCc2ccccc2)cccc1OC. The van der Waals surface area contributed by atoms with Gasteiger partial charge in [0, 0.05) is 0 Å². The molecule has 4 heteroatoms. The average Bonchev–Trinajstić information content (AvgIpc) is 2.54. The summed E-state index contributed by atoms with van der Waals surface area (Å²) in [6, 6.07) is 15.3. The summed E-state index contributed by atoms with van der Waals surface area (Å²) in [5, 5.41) is 0. The number of carbonyl (C=O) groups excluding carboxylic acids is 1. The molecule has 0 bridgehead atoms. The Balaban J connectivity index is 2.10. The smallest absolute Gasteiger partial charge is 0.342 e. The molecule has 4 nitrogen and oxygen atoms in total. The Bertz CT molecular complexity index is 593. The highest BCUT2D eigenvalue weighted by molar-refractivity contribution is 5.94. The molecular weight excluding hydrogens is 268 g/mol.